The Labute approximate surface area is 105 Å². The topological polar surface area (TPSA) is 27.0 Å². The van der Waals surface area contributed by atoms with Crippen LogP contribution in [0.4, 0.5) is 5.69 Å². The second kappa shape index (κ2) is 4.99. The van der Waals surface area contributed by atoms with Crippen LogP contribution in [0.1, 0.15) is 12.5 Å². The molecule has 0 N–H and O–H groups in total. The highest BCUT2D eigenvalue weighted by molar-refractivity contribution is 7.99. The van der Waals surface area contributed by atoms with Gasteiger partial charge in [-0.3, -0.25) is 0 Å². The summed E-state index contributed by atoms with van der Waals surface area (Å²) in [6, 6.07) is 8.25. The van der Waals surface area contributed by atoms with E-state index in [2.05, 4.69) is 17.9 Å². The van der Waals surface area contributed by atoms with Crippen LogP contribution in [-0.4, -0.2) is 24.1 Å². The standard InChI is InChI=1S/C12H13ClN2S/c1-9-8-16-5-4-15(9)12-3-2-11(13)6-10(12)7-14/h2-3,6,9H,4-5,8H2,1H3. The van der Waals surface area contributed by atoms with Gasteiger partial charge in [-0.1, -0.05) is 11.6 Å². The Hall–Kier alpha value is -0.850. The van der Waals surface area contributed by atoms with E-state index in [0.717, 1.165) is 23.7 Å². The second-order valence-corrected chi connectivity index (χ2v) is 5.48. The van der Waals surface area contributed by atoms with Crippen LogP contribution in [0.5, 0.6) is 0 Å². The molecule has 0 radical (unpaired) electrons. The predicted molar refractivity (Wildman–Crippen MR) is 70.3 cm³/mol. The first-order chi connectivity index (χ1) is 7.72. The van der Waals surface area contributed by atoms with E-state index < -0.39 is 0 Å². The second-order valence-electron chi connectivity index (χ2n) is 3.89. The summed E-state index contributed by atoms with van der Waals surface area (Å²) >= 11 is 7.86. The first-order valence-corrected chi connectivity index (χ1v) is 6.79. The summed E-state index contributed by atoms with van der Waals surface area (Å²) in [4.78, 5) is 2.30. The van der Waals surface area contributed by atoms with Crippen LogP contribution in [-0.2, 0) is 0 Å². The molecule has 0 bridgehead atoms. The molecule has 16 heavy (non-hydrogen) atoms. The molecule has 0 aromatic heterocycles. The number of thioether (sulfide) groups is 1. The quantitative estimate of drug-likeness (QED) is 0.768. The van der Waals surface area contributed by atoms with Crippen molar-refractivity contribution in [3.05, 3.63) is 28.8 Å². The third-order valence-electron chi connectivity index (χ3n) is 2.76. The van der Waals surface area contributed by atoms with E-state index in [9.17, 15) is 0 Å². The van der Waals surface area contributed by atoms with Gasteiger partial charge in [-0.2, -0.15) is 17.0 Å². The highest BCUT2D eigenvalue weighted by Crippen LogP contribution is 2.28. The number of hydrogen-bond donors (Lipinski definition) is 0. The molecule has 4 heteroatoms. The molecule has 1 heterocycles. The molecule has 1 aromatic carbocycles. The minimum Gasteiger partial charge on any atom is -0.366 e. The summed E-state index contributed by atoms with van der Waals surface area (Å²) in [6.07, 6.45) is 0. The monoisotopic (exact) mass is 252 g/mol. The largest absolute Gasteiger partial charge is 0.366 e. The minimum atomic E-state index is 0.479. The van der Waals surface area contributed by atoms with Gasteiger partial charge in [0, 0.05) is 29.1 Å². The van der Waals surface area contributed by atoms with E-state index in [-0.39, 0.29) is 0 Å². The number of nitriles is 1. The Bertz CT molecular complexity index is 428. The minimum absolute atomic E-state index is 0.479. The van der Waals surface area contributed by atoms with Crippen molar-refractivity contribution >= 4 is 29.1 Å². The number of benzene rings is 1. The highest BCUT2D eigenvalue weighted by Gasteiger charge is 2.21. The normalized spacial score (nSPS) is 20.6. The number of hydrogen-bond acceptors (Lipinski definition) is 3. The van der Waals surface area contributed by atoms with E-state index >= 15 is 0 Å². The summed E-state index contributed by atoms with van der Waals surface area (Å²) in [5, 5.41) is 9.74. The first-order valence-electron chi connectivity index (χ1n) is 5.26. The number of halogens is 1. The molecule has 0 saturated carbocycles. The Morgan fingerprint density at radius 3 is 3.06 bits per heavy atom. The fraction of sp³-hybridized carbons (Fsp3) is 0.417. The first kappa shape index (κ1) is 11.6. The van der Waals surface area contributed by atoms with Crippen LogP contribution < -0.4 is 4.90 Å². The summed E-state index contributed by atoms with van der Waals surface area (Å²) in [5.74, 6) is 2.24. The Morgan fingerprint density at radius 1 is 1.56 bits per heavy atom. The molecule has 1 saturated heterocycles. The average Bonchev–Trinajstić information content (AvgIpc) is 2.30. The molecule has 1 fully saturated rings. The SMILES string of the molecule is CC1CSCCN1c1ccc(Cl)cc1C#N. The van der Waals surface area contributed by atoms with Gasteiger partial charge >= 0.3 is 0 Å². The summed E-state index contributed by atoms with van der Waals surface area (Å²) in [6.45, 7) is 3.20. The Balaban J connectivity index is 2.35. The maximum atomic E-state index is 9.12. The van der Waals surface area contributed by atoms with Crippen molar-refractivity contribution in [1.82, 2.24) is 0 Å². The van der Waals surface area contributed by atoms with Crippen LogP contribution in [0, 0.1) is 11.3 Å². The lowest BCUT2D eigenvalue weighted by molar-refractivity contribution is 0.699. The molecule has 1 atom stereocenters. The van der Waals surface area contributed by atoms with Crippen molar-refractivity contribution < 1.29 is 0 Å². The van der Waals surface area contributed by atoms with Crippen molar-refractivity contribution in [2.75, 3.05) is 23.0 Å². The number of anilines is 1. The Morgan fingerprint density at radius 2 is 2.38 bits per heavy atom. The number of nitrogens with zero attached hydrogens (tertiary/aromatic N) is 2. The predicted octanol–water partition coefficient (Wildman–Crippen LogP) is 3.15. The van der Waals surface area contributed by atoms with Crippen LogP contribution in [0.3, 0.4) is 0 Å². The Kier molecular flexibility index (Phi) is 3.63. The lowest BCUT2D eigenvalue weighted by Gasteiger charge is -2.35. The fourth-order valence-electron chi connectivity index (χ4n) is 1.93. The summed E-state index contributed by atoms with van der Waals surface area (Å²) in [7, 11) is 0. The van der Waals surface area contributed by atoms with E-state index in [1.54, 1.807) is 6.07 Å². The molecule has 1 unspecified atom stereocenters. The molecule has 2 nitrogen and oxygen atoms in total. The molecular weight excluding hydrogens is 240 g/mol. The molecule has 0 spiro atoms. The third kappa shape index (κ3) is 2.28. The lowest BCUT2D eigenvalue weighted by atomic mass is 10.1. The van der Waals surface area contributed by atoms with Crippen molar-refractivity contribution in [1.29, 1.82) is 5.26 Å². The zero-order chi connectivity index (χ0) is 11.5. The van der Waals surface area contributed by atoms with Gasteiger partial charge in [-0.25, -0.2) is 0 Å². The van der Waals surface area contributed by atoms with Gasteiger partial charge < -0.3 is 4.90 Å². The third-order valence-corrected chi connectivity index (χ3v) is 4.18. The van der Waals surface area contributed by atoms with Crippen molar-refractivity contribution in [3.63, 3.8) is 0 Å². The molecular formula is C12H13ClN2S. The van der Waals surface area contributed by atoms with Gasteiger partial charge in [0.1, 0.15) is 6.07 Å². The number of rotatable bonds is 1. The lowest BCUT2D eigenvalue weighted by Crippen LogP contribution is -2.40. The van der Waals surface area contributed by atoms with Gasteiger partial charge in [0.25, 0.3) is 0 Å². The summed E-state index contributed by atoms with van der Waals surface area (Å²) < 4.78 is 0. The zero-order valence-corrected chi connectivity index (χ0v) is 10.7. The molecule has 1 aliphatic heterocycles. The van der Waals surface area contributed by atoms with Crippen LogP contribution >= 0.6 is 23.4 Å². The van der Waals surface area contributed by atoms with Crippen molar-refractivity contribution in [2.24, 2.45) is 0 Å². The molecule has 84 valence electrons. The van der Waals surface area contributed by atoms with Crippen LogP contribution in [0.2, 0.25) is 5.02 Å². The fourth-order valence-corrected chi connectivity index (χ4v) is 3.12. The summed E-state index contributed by atoms with van der Waals surface area (Å²) in [5.41, 5.74) is 1.69. The molecule has 1 aromatic rings. The smallest absolute Gasteiger partial charge is 0.101 e. The average molecular weight is 253 g/mol. The maximum absolute atomic E-state index is 9.12. The van der Waals surface area contributed by atoms with Gasteiger partial charge in [0.2, 0.25) is 0 Å². The van der Waals surface area contributed by atoms with E-state index in [1.165, 1.54) is 0 Å². The van der Waals surface area contributed by atoms with Crippen molar-refractivity contribution in [3.8, 4) is 6.07 Å². The highest BCUT2D eigenvalue weighted by atomic mass is 35.5. The zero-order valence-electron chi connectivity index (χ0n) is 9.11. The molecule has 1 aliphatic rings. The van der Waals surface area contributed by atoms with Crippen LogP contribution in [0.25, 0.3) is 0 Å². The van der Waals surface area contributed by atoms with E-state index in [0.29, 0.717) is 16.6 Å². The molecule has 0 amide bonds. The van der Waals surface area contributed by atoms with Gasteiger partial charge in [-0.05, 0) is 25.1 Å². The van der Waals surface area contributed by atoms with E-state index in [1.807, 2.05) is 23.9 Å². The molecule has 2 rings (SSSR count). The maximum Gasteiger partial charge on any atom is 0.101 e. The molecule has 0 aliphatic carbocycles. The van der Waals surface area contributed by atoms with E-state index in [4.69, 9.17) is 16.9 Å². The van der Waals surface area contributed by atoms with Gasteiger partial charge in [0.05, 0.1) is 11.3 Å². The van der Waals surface area contributed by atoms with Gasteiger partial charge in [0.15, 0.2) is 0 Å². The van der Waals surface area contributed by atoms with Crippen molar-refractivity contribution in [2.45, 2.75) is 13.0 Å². The van der Waals surface area contributed by atoms with Gasteiger partial charge in [-0.15, -0.1) is 0 Å². The van der Waals surface area contributed by atoms with Crippen LogP contribution in [0.15, 0.2) is 18.2 Å².